The molecule has 7 heteroatoms. The van der Waals surface area contributed by atoms with E-state index in [0.29, 0.717) is 26.0 Å². The fourth-order valence-electron chi connectivity index (χ4n) is 2.14. The minimum atomic E-state index is -0.376. The van der Waals surface area contributed by atoms with Crippen LogP contribution < -0.4 is 4.80 Å². The van der Waals surface area contributed by atoms with Gasteiger partial charge in [0.15, 0.2) is 4.80 Å². The second kappa shape index (κ2) is 6.17. The smallest absolute Gasteiger partial charge is 0.279 e. The number of hydrogen-bond acceptors (Lipinski definition) is 3. The number of amides is 1. The van der Waals surface area contributed by atoms with Gasteiger partial charge in [0, 0.05) is 17.6 Å². The molecule has 0 aliphatic heterocycles. The second-order valence-corrected chi connectivity index (χ2v) is 6.64. The fraction of sp³-hybridized carbons (Fsp3) is 0.0625. The summed E-state index contributed by atoms with van der Waals surface area (Å²) in [5, 5.41) is 9.83. The molecule has 1 amide bonds. The van der Waals surface area contributed by atoms with Crippen molar-refractivity contribution in [3.63, 3.8) is 0 Å². The molecule has 3 aromatic rings. The Morgan fingerprint density at radius 1 is 1.26 bits per heavy atom. The molecule has 3 rings (SSSR count). The fourth-order valence-corrected chi connectivity index (χ4v) is 3.97. The summed E-state index contributed by atoms with van der Waals surface area (Å²) in [5.74, 6) is -0.376. The van der Waals surface area contributed by atoms with Crippen LogP contribution in [0.25, 0.3) is 10.2 Å². The van der Waals surface area contributed by atoms with Crippen LogP contribution in [0.2, 0.25) is 10.0 Å². The van der Waals surface area contributed by atoms with Gasteiger partial charge in [0.2, 0.25) is 0 Å². The molecule has 0 atom stereocenters. The molecule has 1 aromatic heterocycles. The second-order valence-electron chi connectivity index (χ2n) is 4.78. The molecule has 114 valence electrons. The Bertz CT molecular complexity index is 1030. The Labute approximate surface area is 145 Å². The highest BCUT2D eigenvalue weighted by Gasteiger charge is 2.10. The molecule has 2 aromatic carbocycles. The van der Waals surface area contributed by atoms with Gasteiger partial charge in [-0.05, 0) is 36.4 Å². The van der Waals surface area contributed by atoms with E-state index in [1.165, 1.54) is 11.3 Å². The van der Waals surface area contributed by atoms with Gasteiger partial charge in [0.05, 0.1) is 26.9 Å². The number of benzene rings is 2. The maximum absolute atomic E-state index is 12.3. The highest BCUT2D eigenvalue weighted by atomic mass is 35.5. The quantitative estimate of drug-likeness (QED) is 0.653. The van der Waals surface area contributed by atoms with Crippen molar-refractivity contribution in [2.24, 2.45) is 12.0 Å². The first-order valence-corrected chi connectivity index (χ1v) is 8.10. The monoisotopic (exact) mass is 361 g/mol. The van der Waals surface area contributed by atoms with Crippen LogP contribution in [-0.4, -0.2) is 10.5 Å². The molecule has 0 N–H and O–H groups in total. The average Bonchev–Trinajstić information content (AvgIpc) is 2.83. The molecular weight excluding hydrogens is 353 g/mol. The first-order valence-electron chi connectivity index (χ1n) is 6.53. The van der Waals surface area contributed by atoms with Gasteiger partial charge >= 0.3 is 0 Å². The minimum absolute atomic E-state index is 0.376. The number of fused-ring (bicyclic) bond motifs is 1. The predicted octanol–water partition coefficient (Wildman–Crippen LogP) is 4.16. The summed E-state index contributed by atoms with van der Waals surface area (Å²) in [7, 11) is 1.80. The van der Waals surface area contributed by atoms with Gasteiger partial charge in [0.25, 0.3) is 5.91 Å². The summed E-state index contributed by atoms with van der Waals surface area (Å²) >= 11 is 13.6. The third-order valence-electron chi connectivity index (χ3n) is 3.27. The highest BCUT2D eigenvalue weighted by molar-refractivity contribution is 7.16. The molecule has 0 fully saturated rings. The van der Waals surface area contributed by atoms with E-state index in [1.54, 1.807) is 48.0 Å². The summed E-state index contributed by atoms with van der Waals surface area (Å²) in [4.78, 5) is 17.0. The van der Waals surface area contributed by atoms with Crippen molar-refractivity contribution in [3.8, 4) is 6.07 Å². The number of hydrogen-bond donors (Lipinski definition) is 0. The van der Waals surface area contributed by atoms with E-state index >= 15 is 0 Å². The Kier molecular flexibility index (Phi) is 4.22. The molecule has 0 bridgehead atoms. The number of rotatable bonds is 1. The molecule has 0 radical (unpaired) electrons. The van der Waals surface area contributed by atoms with Crippen molar-refractivity contribution in [1.82, 2.24) is 4.57 Å². The average molecular weight is 362 g/mol. The van der Waals surface area contributed by atoms with E-state index in [-0.39, 0.29) is 5.91 Å². The molecule has 0 unspecified atom stereocenters. The van der Waals surface area contributed by atoms with Crippen LogP contribution in [0.4, 0.5) is 0 Å². The number of nitriles is 1. The topological polar surface area (TPSA) is 58.1 Å². The number of carbonyl (C=O) groups is 1. The van der Waals surface area contributed by atoms with Crippen LogP contribution in [0.3, 0.4) is 0 Å². The van der Waals surface area contributed by atoms with Crippen LogP contribution in [-0.2, 0) is 7.05 Å². The maximum atomic E-state index is 12.3. The van der Waals surface area contributed by atoms with Gasteiger partial charge in [-0.1, -0.05) is 34.5 Å². The van der Waals surface area contributed by atoms with Crippen molar-refractivity contribution in [3.05, 3.63) is 62.4 Å². The number of carbonyl (C=O) groups excluding carboxylic acids is 1. The molecular formula is C16H9Cl2N3OS. The maximum Gasteiger partial charge on any atom is 0.279 e. The predicted molar refractivity (Wildman–Crippen MR) is 91.9 cm³/mol. The van der Waals surface area contributed by atoms with Crippen molar-refractivity contribution in [2.45, 2.75) is 0 Å². The largest absolute Gasteiger partial charge is 0.318 e. The first-order chi connectivity index (χ1) is 11.0. The number of nitrogens with zero attached hydrogens (tertiary/aromatic N) is 3. The lowest BCUT2D eigenvalue weighted by atomic mass is 10.1. The van der Waals surface area contributed by atoms with E-state index < -0.39 is 0 Å². The van der Waals surface area contributed by atoms with Crippen molar-refractivity contribution < 1.29 is 4.79 Å². The standard InChI is InChI=1S/C16H9Cl2N3OS/c1-21-14-12(18)6-11(17)7-13(14)23-16(21)20-15(22)10-4-2-9(8-19)3-5-10/h2-7H,1H3. The lowest BCUT2D eigenvalue weighted by Gasteiger charge is -1.99. The van der Waals surface area contributed by atoms with Gasteiger partial charge in [-0.2, -0.15) is 10.3 Å². The van der Waals surface area contributed by atoms with Gasteiger partial charge in [-0.3, -0.25) is 4.79 Å². The summed E-state index contributed by atoms with van der Waals surface area (Å²) in [6.07, 6.45) is 0. The normalized spacial score (nSPS) is 11.7. The first kappa shape index (κ1) is 15.8. The third kappa shape index (κ3) is 3.02. The highest BCUT2D eigenvalue weighted by Crippen LogP contribution is 2.29. The van der Waals surface area contributed by atoms with Gasteiger partial charge in [-0.15, -0.1) is 0 Å². The molecule has 0 saturated heterocycles. The molecule has 4 nitrogen and oxygen atoms in total. The summed E-state index contributed by atoms with van der Waals surface area (Å²) < 4.78 is 2.62. The van der Waals surface area contributed by atoms with E-state index in [2.05, 4.69) is 4.99 Å². The SMILES string of the molecule is Cn1c(=NC(=O)c2ccc(C#N)cc2)sc2cc(Cl)cc(Cl)c21. The van der Waals surface area contributed by atoms with Gasteiger partial charge in [-0.25, -0.2) is 0 Å². The Hall–Kier alpha value is -2.13. The van der Waals surface area contributed by atoms with E-state index in [4.69, 9.17) is 28.5 Å². The molecule has 0 aliphatic carbocycles. The van der Waals surface area contributed by atoms with Crippen LogP contribution in [0.15, 0.2) is 41.4 Å². The molecule has 0 spiro atoms. The molecule has 0 aliphatic rings. The van der Waals surface area contributed by atoms with Crippen LogP contribution in [0, 0.1) is 11.3 Å². The summed E-state index contributed by atoms with van der Waals surface area (Å²) in [5.41, 5.74) is 1.70. The van der Waals surface area contributed by atoms with Gasteiger partial charge < -0.3 is 4.57 Å². The van der Waals surface area contributed by atoms with Crippen molar-refractivity contribution in [2.75, 3.05) is 0 Å². The zero-order chi connectivity index (χ0) is 16.6. The van der Waals surface area contributed by atoms with Crippen LogP contribution >= 0.6 is 34.5 Å². The van der Waals surface area contributed by atoms with Crippen molar-refractivity contribution >= 4 is 50.7 Å². The third-order valence-corrected chi connectivity index (χ3v) is 4.86. The number of thiazole rings is 1. The number of aromatic nitrogens is 1. The molecule has 23 heavy (non-hydrogen) atoms. The van der Waals surface area contributed by atoms with E-state index in [0.717, 1.165) is 10.2 Å². The summed E-state index contributed by atoms with van der Waals surface area (Å²) in [6.45, 7) is 0. The summed E-state index contributed by atoms with van der Waals surface area (Å²) in [6, 6.07) is 11.8. The Balaban J connectivity index is 2.10. The van der Waals surface area contributed by atoms with Gasteiger partial charge in [0.1, 0.15) is 0 Å². The number of aryl methyl sites for hydroxylation is 1. The van der Waals surface area contributed by atoms with E-state index in [9.17, 15) is 4.79 Å². The Morgan fingerprint density at radius 3 is 2.61 bits per heavy atom. The van der Waals surface area contributed by atoms with Crippen molar-refractivity contribution in [1.29, 1.82) is 5.26 Å². The Morgan fingerprint density at radius 2 is 1.96 bits per heavy atom. The molecule has 0 saturated carbocycles. The minimum Gasteiger partial charge on any atom is -0.318 e. The number of halogens is 2. The molecule has 1 heterocycles. The lowest BCUT2D eigenvalue weighted by Crippen LogP contribution is -2.13. The van der Waals surface area contributed by atoms with Crippen LogP contribution in [0.5, 0.6) is 0 Å². The zero-order valence-electron chi connectivity index (χ0n) is 11.9. The zero-order valence-corrected chi connectivity index (χ0v) is 14.2. The van der Waals surface area contributed by atoms with E-state index in [1.807, 2.05) is 6.07 Å². The van der Waals surface area contributed by atoms with Crippen LogP contribution in [0.1, 0.15) is 15.9 Å². The lowest BCUT2D eigenvalue weighted by molar-refractivity contribution is 0.0998.